The van der Waals surface area contributed by atoms with Gasteiger partial charge in [-0.15, -0.1) is 0 Å². The second-order valence-corrected chi connectivity index (χ2v) is 11.6. The molecule has 11 heteroatoms. The number of methoxy groups -OCH3 is 2. The summed E-state index contributed by atoms with van der Waals surface area (Å²) in [6, 6.07) is 11.7. The highest BCUT2D eigenvalue weighted by Crippen LogP contribution is 2.36. The van der Waals surface area contributed by atoms with Gasteiger partial charge < -0.3 is 14.2 Å². The van der Waals surface area contributed by atoms with Crippen molar-refractivity contribution in [2.75, 3.05) is 46.7 Å². The van der Waals surface area contributed by atoms with E-state index in [1.165, 1.54) is 4.57 Å². The summed E-state index contributed by atoms with van der Waals surface area (Å²) < 4.78 is 57.3. The minimum Gasteiger partial charge on any atom is -0.496 e. The predicted octanol–water partition coefficient (Wildman–Crippen LogP) is 7.25. The fourth-order valence-corrected chi connectivity index (χ4v) is 5.45. The Balaban J connectivity index is 0.00000248. The SMILES string of the molecule is COCc1ccc(C2CN(CCC(F)(F)F)CCN2Cc2c(OC)cc(C)c3c2ccn3C(=O)OC(C)(C)C)cc1.CS. The molecular weight excluding hydrogens is 579 g/mol. The average Bonchev–Trinajstić information content (AvgIpc) is 3.40. The Hall–Kier alpha value is -2.73. The molecule has 1 fully saturated rings. The molecule has 3 aromatic rings. The van der Waals surface area contributed by atoms with Crippen LogP contribution in [-0.2, 0) is 22.6 Å². The van der Waals surface area contributed by atoms with Crippen molar-refractivity contribution in [3.8, 4) is 5.75 Å². The van der Waals surface area contributed by atoms with Crippen molar-refractivity contribution in [2.45, 2.75) is 65.1 Å². The van der Waals surface area contributed by atoms with E-state index in [9.17, 15) is 18.0 Å². The van der Waals surface area contributed by atoms with Gasteiger partial charge in [-0.2, -0.15) is 25.8 Å². The highest BCUT2D eigenvalue weighted by Gasteiger charge is 2.33. The molecule has 0 N–H and O–H groups in total. The van der Waals surface area contributed by atoms with Crippen LogP contribution in [-0.4, -0.2) is 78.9 Å². The average molecular weight is 624 g/mol. The number of fused-ring (bicyclic) bond motifs is 1. The van der Waals surface area contributed by atoms with Crippen LogP contribution in [0.5, 0.6) is 5.75 Å². The number of carbonyl (C=O) groups is 1. The minimum absolute atomic E-state index is 0.0353. The molecule has 1 aliphatic rings. The number of ether oxygens (including phenoxy) is 3. The largest absolute Gasteiger partial charge is 0.496 e. The summed E-state index contributed by atoms with van der Waals surface area (Å²) in [4.78, 5) is 17.2. The third-order valence-corrected chi connectivity index (χ3v) is 7.36. The van der Waals surface area contributed by atoms with Crippen LogP contribution < -0.4 is 4.74 Å². The van der Waals surface area contributed by atoms with Gasteiger partial charge in [0.25, 0.3) is 0 Å². The van der Waals surface area contributed by atoms with E-state index in [1.807, 2.05) is 69.0 Å². The zero-order chi connectivity index (χ0) is 31.9. The van der Waals surface area contributed by atoms with Gasteiger partial charge in [-0.25, -0.2) is 4.79 Å². The summed E-state index contributed by atoms with van der Waals surface area (Å²) in [5, 5.41) is 0.876. The van der Waals surface area contributed by atoms with Crippen LogP contribution in [0.1, 0.15) is 55.5 Å². The summed E-state index contributed by atoms with van der Waals surface area (Å²) in [5.74, 6) is 0.700. The van der Waals surface area contributed by atoms with E-state index in [4.69, 9.17) is 14.2 Å². The Kier molecular flexibility index (Phi) is 12.0. The van der Waals surface area contributed by atoms with Gasteiger partial charge in [0.05, 0.1) is 25.7 Å². The van der Waals surface area contributed by atoms with Crippen molar-refractivity contribution in [1.82, 2.24) is 14.4 Å². The predicted molar refractivity (Wildman–Crippen MR) is 167 cm³/mol. The van der Waals surface area contributed by atoms with E-state index < -0.39 is 24.3 Å². The lowest BCUT2D eigenvalue weighted by Crippen LogP contribution is -2.48. The van der Waals surface area contributed by atoms with Crippen molar-refractivity contribution in [1.29, 1.82) is 0 Å². The van der Waals surface area contributed by atoms with Gasteiger partial charge in [0.1, 0.15) is 11.4 Å². The molecule has 1 atom stereocenters. The van der Waals surface area contributed by atoms with Gasteiger partial charge in [-0.3, -0.25) is 14.4 Å². The van der Waals surface area contributed by atoms with Crippen molar-refractivity contribution in [3.05, 3.63) is 64.8 Å². The number of benzene rings is 2. The number of rotatable bonds is 8. The summed E-state index contributed by atoms with van der Waals surface area (Å²) in [6.07, 6.45) is -2.08. The highest BCUT2D eigenvalue weighted by molar-refractivity contribution is 7.79. The van der Waals surface area contributed by atoms with Crippen molar-refractivity contribution in [2.24, 2.45) is 0 Å². The minimum atomic E-state index is -4.20. The van der Waals surface area contributed by atoms with Crippen molar-refractivity contribution >= 4 is 29.6 Å². The Morgan fingerprint density at radius 1 is 1.05 bits per heavy atom. The molecule has 43 heavy (non-hydrogen) atoms. The molecule has 4 rings (SSSR count). The third-order valence-electron chi connectivity index (χ3n) is 7.36. The monoisotopic (exact) mass is 623 g/mol. The summed E-state index contributed by atoms with van der Waals surface area (Å²) in [5.41, 5.74) is 3.95. The third kappa shape index (κ3) is 9.14. The number of aryl methyl sites for hydroxylation is 1. The lowest BCUT2D eigenvalue weighted by Gasteiger charge is -2.42. The first-order valence-electron chi connectivity index (χ1n) is 14.3. The zero-order valence-corrected chi connectivity index (χ0v) is 27.0. The first kappa shape index (κ1) is 34.8. The molecule has 0 spiro atoms. The van der Waals surface area contributed by atoms with E-state index >= 15 is 0 Å². The number of aromatic nitrogens is 1. The Morgan fingerprint density at radius 3 is 2.30 bits per heavy atom. The fourth-order valence-electron chi connectivity index (χ4n) is 5.45. The Morgan fingerprint density at radius 2 is 1.72 bits per heavy atom. The van der Waals surface area contributed by atoms with Gasteiger partial charge in [0, 0.05) is 63.0 Å². The number of hydrogen-bond acceptors (Lipinski definition) is 7. The number of piperazine rings is 1. The van der Waals surface area contributed by atoms with Gasteiger partial charge in [-0.1, -0.05) is 24.3 Å². The molecule has 238 valence electrons. The Labute approximate surface area is 258 Å². The first-order valence-corrected chi connectivity index (χ1v) is 15.2. The number of hydrogen-bond donors (Lipinski definition) is 1. The topological polar surface area (TPSA) is 56.2 Å². The molecule has 0 radical (unpaired) electrons. The Bertz CT molecular complexity index is 1350. The lowest BCUT2D eigenvalue weighted by atomic mass is 9.98. The smallest absolute Gasteiger partial charge is 0.419 e. The first-order chi connectivity index (χ1) is 20.3. The standard InChI is InChI=1S/C31H40F3N3O4.CH4S/c1-21-17-27(40-6)25(24-11-13-37(28(21)24)29(38)41-30(2,3)4)18-36-16-15-35(14-12-31(32,33)34)19-26(36)23-9-7-22(8-10-23)20-39-5;1-2/h7-11,13,17,26H,12,14-16,18-20H2,1-6H3;2H,1H3. The number of carbonyl (C=O) groups excluding carboxylic acids is 1. The molecule has 0 saturated carbocycles. The molecule has 2 heterocycles. The number of halogens is 3. The van der Waals surface area contributed by atoms with Crippen LogP contribution in [0.2, 0.25) is 0 Å². The van der Waals surface area contributed by atoms with Crippen LogP contribution in [0.3, 0.4) is 0 Å². The number of thiol groups is 1. The van der Waals surface area contributed by atoms with E-state index in [1.54, 1.807) is 26.7 Å². The van der Waals surface area contributed by atoms with Crippen LogP contribution in [0.4, 0.5) is 18.0 Å². The molecule has 0 bridgehead atoms. The molecule has 0 aliphatic carbocycles. The molecule has 1 saturated heterocycles. The van der Waals surface area contributed by atoms with E-state index in [0.29, 0.717) is 38.5 Å². The molecule has 2 aromatic carbocycles. The van der Waals surface area contributed by atoms with Gasteiger partial charge in [0.15, 0.2) is 0 Å². The molecule has 1 aromatic heterocycles. The molecule has 1 aliphatic heterocycles. The van der Waals surface area contributed by atoms with Crippen LogP contribution in [0.25, 0.3) is 10.9 Å². The second-order valence-electron chi connectivity index (χ2n) is 11.6. The van der Waals surface area contributed by atoms with E-state index in [-0.39, 0.29) is 12.6 Å². The van der Waals surface area contributed by atoms with Crippen molar-refractivity contribution < 1.29 is 32.2 Å². The molecule has 1 unspecified atom stereocenters. The number of nitrogens with zero attached hydrogens (tertiary/aromatic N) is 3. The molecule has 0 amide bonds. The maximum atomic E-state index is 13.0. The van der Waals surface area contributed by atoms with Gasteiger partial charge in [-0.05, 0) is 62.8 Å². The summed E-state index contributed by atoms with van der Waals surface area (Å²) >= 11 is 3.53. The highest BCUT2D eigenvalue weighted by atomic mass is 32.1. The zero-order valence-electron chi connectivity index (χ0n) is 26.1. The van der Waals surface area contributed by atoms with E-state index in [0.717, 1.165) is 33.2 Å². The van der Waals surface area contributed by atoms with Crippen molar-refractivity contribution in [3.63, 3.8) is 0 Å². The van der Waals surface area contributed by atoms with Crippen LogP contribution in [0, 0.1) is 6.92 Å². The maximum absolute atomic E-state index is 13.0. The summed E-state index contributed by atoms with van der Waals surface area (Å²) in [7, 11) is 3.26. The normalized spacial score (nSPS) is 16.6. The molecule has 7 nitrogen and oxygen atoms in total. The van der Waals surface area contributed by atoms with Gasteiger partial charge in [0.2, 0.25) is 0 Å². The molecular formula is C32H44F3N3O4S. The maximum Gasteiger partial charge on any atom is 0.419 e. The quantitative estimate of drug-likeness (QED) is 0.267. The summed E-state index contributed by atoms with van der Waals surface area (Å²) in [6.45, 7) is 9.92. The second kappa shape index (κ2) is 14.8. The lowest BCUT2D eigenvalue weighted by molar-refractivity contribution is -0.139. The van der Waals surface area contributed by atoms with Crippen LogP contribution >= 0.6 is 12.6 Å². The van der Waals surface area contributed by atoms with Gasteiger partial charge >= 0.3 is 12.3 Å². The fraction of sp³-hybridized carbons (Fsp3) is 0.531. The number of alkyl halides is 3. The van der Waals surface area contributed by atoms with Crippen LogP contribution in [0.15, 0.2) is 42.6 Å². The van der Waals surface area contributed by atoms with E-state index in [2.05, 4.69) is 17.5 Å².